The van der Waals surface area contributed by atoms with Crippen LogP contribution in [0.2, 0.25) is 0 Å². The van der Waals surface area contributed by atoms with Gasteiger partial charge in [0.1, 0.15) is 0 Å². The van der Waals surface area contributed by atoms with E-state index in [2.05, 4.69) is 38.7 Å². The second kappa shape index (κ2) is 4.45. The summed E-state index contributed by atoms with van der Waals surface area (Å²) in [6.45, 7) is 12.1. The summed E-state index contributed by atoms with van der Waals surface area (Å²) in [5, 5.41) is 0. The van der Waals surface area contributed by atoms with Crippen molar-refractivity contribution in [2.45, 2.75) is 40.2 Å². The quantitative estimate of drug-likeness (QED) is 0.685. The van der Waals surface area contributed by atoms with E-state index in [1.807, 2.05) is 0 Å². The van der Waals surface area contributed by atoms with E-state index in [9.17, 15) is 0 Å². The Labute approximate surface area is 88.2 Å². The Bertz CT molecular complexity index is 213. The first-order valence-electron chi connectivity index (χ1n) is 5.53. The predicted molar refractivity (Wildman–Crippen MR) is 62.2 cm³/mol. The monoisotopic (exact) mass is 196 g/mol. The van der Waals surface area contributed by atoms with E-state index in [0.29, 0.717) is 0 Å². The molecule has 0 bridgehead atoms. The molecule has 14 heavy (non-hydrogen) atoms. The van der Waals surface area contributed by atoms with Crippen LogP contribution in [0.4, 0.5) is 0 Å². The Morgan fingerprint density at radius 1 is 1.50 bits per heavy atom. The molecule has 2 heteroatoms. The smallest absolute Gasteiger partial charge is 0.0217 e. The molecule has 0 aromatic heterocycles. The first-order chi connectivity index (χ1) is 6.39. The largest absolute Gasteiger partial charge is 0.326 e. The second-order valence-electron chi connectivity index (χ2n) is 5.55. The first kappa shape index (κ1) is 11.7. The molecule has 2 nitrogen and oxygen atoms in total. The number of hydrogen-bond acceptors (Lipinski definition) is 2. The van der Waals surface area contributed by atoms with Gasteiger partial charge in [0.2, 0.25) is 0 Å². The molecule has 0 spiro atoms. The summed E-state index contributed by atoms with van der Waals surface area (Å²) in [5.74, 6) is 0. The zero-order chi connectivity index (χ0) is 10.8. The Morgan fingerprint density at radius 3 is 2.64 bits per heavy atom. The lowest BCUT2D eigenvalue weighted by atomic mass is 9.87. The maximum atomic E-state index is 6.17. The van der Waals surface area contributed by atoms with E-state index in [1.165, 1.54) is 18.5 Å². The standard InChI is InChI=1S/C12H24N2/c1-10-6-5-7-14(8-10)9-11(13)12(2,3)4/h6,11H,5,7-9,13H2,1-4H3/t11-/m1/s1. The van der Waals surface area contributed by atoms with Gasteiger partial charge in [-0.2, -0.15) is 0 Å². The lowest BCUT2D eigenvalue weighted by Crippen LogP contribution is -2.46. The third-order valence-corrected chi connectivity index (χ3v) is 2.98. The normalized spacial score (nSPS) is 21.9. The maximum Gasteiger partial charge on any atom is 0.0217 e. The van der Waals surface area contributed by atoms with Crippen LogP contribution in [0, 0.1) is 5.41 Å². The van der Waals surface area contributed by atoms with Gasteiger partial charge in [-0.25, -0.2) is 0 Å². The minimum atomic E-state index is 0.217. The average Bonchev–Trinajstić information content (AvgIpc) is 2.02. The molecule has 0 amide bonds. The number of hydrogen-bond donors (Lipinski definition) is 1. The van der Waals surface area contributed by atoms with Gasteiger partial charge in [-0.3, -0.25) is 4.90 Å². The summed E-state index contributed by atoms with van der Waals surface area (Å²) in [7, 11) is 0. The van der Waals surface area contributed by atoms with Crippen molar-refractivity contribution in [3.8, 4) is 0 Å². The Balaban J connectivity index is 2.42. The fraction of sp³-hybridized carbons (Fsp3) is 0.833. The molecule has 1 aliphatic rings. The van der Waals surface area contributed by atoms with Crippen LogP contribution in [0.5, 0.6) is 0 Å². The summed E-state index contributed by atoms with van der Waals surface area (Å²) in [4.78, 5) is 2.46. The van der Waals surface area contributed by atoms with Gasteiger partial charge in [-0.15, -0.1) is 0 Å². The van der Waals surface area contributed by atoms with Crippen LogP contribution in [-0.2, 0) is 0 Å². The molecule has 2 N–H and O–H groups in total. The minimum absolute atomic E-state index is 0.217. The molecule has 1 heterocycles. The van der Waals surface area contributed by atoms with Gasteiger partial charge >= 0.3 is 0 Å². The first-order valence-corrected chi connectivity index (χ1v) is 5.53. The molecule has 0 unspecified atom stereocenters. The molecule has 0 aliphatic carbocycles. The summed E-state index contributed by atoms with van der Waals surface area (Å²) in [5.41, 5.74) is 7.87. The van der Waals surface area contributed by atoms with Crippen molar-refractivity contribution in [3.05, 3.63) is 11.6 Å². The van der Waals surface area contributed by atoms with E-state index in [4.69, 9.17) is 5.73 Å². The Hall–Kier alpha value is -0.340. The highest BCUT2D eigenvalue weighted by molar-refractivity contribution is 5.05. The summed E-state index contributed by atoms with van der Waals surface area (Å²) in [6, 6.07) is 0.272. The summed E-state index contributed by atoms with van der Waals surface area (Å²) in [6.07, 6.45) is 3.52. The molecule has 0 radical (unpaired) electrons. The van der Waals surface area contributed by atoms with Crippen molar-refractivity contribution in [1.29, 1.82) is 0 Å². The molecule has 0 saturated carbocycles. The molecule has 1 aliphatic heterocycles. The van der Waals surface area contributed by atoms with Crippen molar-refractivity contribution >= 4 is 0 Å². The molecular formula is C12H24N2. The second-order valence-corrected chi connectivity index (χ2v) is 5.55. The van der Waals surface area contributed by atoms with Crippen LogP contribution < -0.4 is 5.73 Å². The van der Waals surface area contributed by atoms with Crippen molar-refractivity contribution in [3.63, 3.8) is 0 Å². The third-order valence-electron chi connectivity index (χ3n) is 2.98. The molecule has 1 rings (SSSR count). The van der Waals surface area contributed by atoms with E-state index in [1.54, 1.807) is 0 Å². The average molecular weight is 196 g/mol. The highest BCUT2D eigenvalue weighted by Gasteiger charge is 2.23. The van der Waals surface area contributed by atoms with Crippen LogP contribution in [0.1, 0.15) is 34.1 Å². The van der Waals surface area contributed by atoms with Crippen LogP contribution in [0.25, 0.3) is 0 Å². The van der Waals surface area contributed by atoms with Gasteiger partial charge in [0.25, 0.3) is 0 Å². The lowest BCUT2D eigenvalue weighted by Gasteiger charge is -2.34. The number of rotatable bonds is 2. The fourth-order valence-corrected chi connectivity index (χ4v) is 1.70. The highest BCUT2D eigenvalue weighted by Crippen LogP contribution is 2.19. The van der Waals surface area contributed by atoms with Gasteiger partial charge in [0, 0.05) is 25.7 Å². The summed E-state index contributed by atoms with van der Waals surface area (Å²) < 4.78 is 0. The third kappa shape index (κ3) is 3.43. The lowest BCUT2D eigenvalue weighted by molar-refractivity contribution is 0.207. The van der Waals surface area contributed by atoms with E-state index < -0.39 is 0 Å². The minimum Gasteiger partial charge on any atom is -0.326 e. The number of nitrogens with two attached hydrogens (primary N) is 1. The molecule has 1 atom stereocenters. The van der Waals surface area contributed by atoms with Crippen LogP contribution in [0.3, 0.4) is 0 Å². The molecule has 0 aromatic carbocycles. The predicted octanol–water partition coefficient (Wildman–Crippen LogP) is 2.01. The maximum absolute atomic E-state index is 6.17. The van der Waals surface area contributed by atoms with Crippen molar-refractivity contribution in [2.75, 3.05) is 19.6 Å². The zero-order valence-electron chi connectivity index (χ0n) is 10.0. The van der Waals surface area contributed by atoms with Gasteiger partial charge in [-0.1, -0.05) is 32.4 Å². The Kier molecular flexibility index (Phi) is 3.73. The molecular weight excluding hydrogens is 172 g/mol. The van der Waals surface area contributed by atoms with Crippen molar-refractivity contribution in [1.82, 2.24) is 4.90 Å². The van der Waals surface area contributed by atoms with Crippen LogP contribution in [-0.4, -0.2) is 30.6 Å². The number of nitrogens with zero attached hydrogens (tertiary/aromatic N) is 1. The fourth-order valence-electron chi connectivity index (χ4n) is 1.70. The SMILES string of the molecule is CC1=CCCN(C[C@@H](N)C(C)(C)C)C1. The molecule has 0 fully saturated rings. The van der Waals surface area contributed by atoms with Crippen LogP contribution >= 0.6 is 0 Å². The van der Waals surface area contributed by atoms with Crippen LogP contribution in [0.15, 0.2) is 11.6 Å². The topological polar surface area (TPSA) is 29.3 Å². The molecule has 82 valence electrons. The van der Waals surface area contributed by atoms with E-state index in [0.717, 1.165) is 13.1 Å². The Morgan fingerprint density at radius 2 is 2.14 bits per heavy atom. The van der Waals surface area contributed by atoms with Gasteiger partial charge < -0.3 is 5.73 Å². The van der Waals surface area contributed by atoms with Gasteiger partial charge in [0.15, 0.2) is 0 Å². The van der Waals surface area contributed by atoms with Crippen molar-refractivity contribution < 1.29 is 0 Å². The van der Waals surface area contributed by atoms with Gasteiger partial charge in [-0.05, 0) is 18.8 Å². The highest BCUT2D eigenvalue weighted by atomic mass is 15.1. The molecule has 0 aromatic rings. The van der Waals surface area contributed by atoms with Crippen molar-refractivity contribution in [2.24, 2.45) is 11.1 Å². The van der Waals surface area contributed by atoms with E-state index in [-0.39, 0.29) is 11.5 Å². The van der Waals surface area contributed by atoms with Gasteiger partial charge in [0.05, 0.1) is 0 Å². The molecule has 0 saturated heterocycles. The van der Waals surface area contributed by atoms with E-state index >= 15 is 0 Å². The summed E-state index contributed by atoms with van der Waals surface area (Å²) >= 11 is 0. The zero-order valence-corrected chi connectivity index (χ0v) is 10.0.